The third-order valence-electron chi connectivity index (χ3n) is 4.91. The fourth-order valence-corrected chi connectivity index (χ4v) is 3.31. The first kappa shape index (κ1) is 22.7. The van der Waals surface area contributed by atoms with Gasteiger partial charge in [0.1, 0.15) is 0 Å². The molecule has 26 heavy (non-hydrogen) atoms. The largest absolute Gasteiger partial charge is 0.359 e. The minimum atomic E-state index is 0. The molecule has 0 aliphatic carbocycles. The van der Waals surface area contributed by atoms with E-state index in [2.05, 4.69) is 53.6 Å². The van der Waals surface area contributed by atoms with Crippen LogP contribution in [0.15, 0.2) is 29.3 Å². The van der Waals surface area contributed by atoms with E-state index in [1.54, 1.807) is 7.05 Å². The lowest BCUT2D eigenvalue weighted by molar-refractivity contribution is -0.121. The highest BCUT2D eigenvalue weighted by molar-refractivity contribution is 14.0. The summed E-state index contributed by atoms with van der Waals surface area (Å²) in [6, 6.07) is 8.51. The van der Waals surface area contributed by atoms with E-state index in [0.29, 0.717) is 12.3 Å². The van der Waals surface area contributed by atoms with Gasteiger partial charge in [-0.3, -0.25) is 9.79 Å². The minimum absolute atomic E-state index is 0. The number of rotatable bonds is 6. The molecule has 1 amide bonds. The van der Waals surface area contributed by atoms with Crippen LogP contribution in [-0.4, -0.2) is 50.0 Å². The van der Waals surface area contributed by atoms with Gasteiger partial charge < -0.3 is 15.5 Å². The molecule has 0 aromatic heterocycles. The highest BCUT2D eigenvalue weighted by Gasteiger charge is 2.22. The highest BCUT2D eigenvalue weighted by atomic mass is 127. The summed E-state index contributed by atoms with van der Waals surface area (Å²) in [5.41, 5.74) is 2.70. The maximum absolute atomic E-state index is 11.5. The Morgan fingerprint density at radius 1 is 1.27 bits per heavy atom. The van der Waals surface area contributed by atoms with Gasteiger partial charge >= 0.3 is 0 Å². The maximum atomic E-state index is 11.5. The van der Waals surface area contributed by atoms with Crippen LogP contribution in [0.5, 0.6) is 0 Å². The van der Waals surface area contributed by atoms with Gasteiger partial charge in [-0.1, -0.05) is 24.3 Å². The first-order valence-electron chi connectivity index (χ1n) is 9.42. The van der Waals surface area contributed by atoms with Crippen LogP contribution in [0.2, 0.25) is 0 Å². The number of benzene rings is 1. The first-order chi connectivity index (χ1) is 12.1. The summed E-state index contributed by atoms with van der Waals surface area (Å²) in [6.07, 6.45) is 3.71. The second-order valence-electron chi connectivity index (χ2n) is 6.72. The molecule has 1 saturated heterocycles. The first-order valence-corrected chi connectivity index (χ1v) is 9.42. The smallest absolute Gasteiger partial charge is 0.220 e. The van der Waals surface area contributed by atoms with Gasteiger partial charge in [0.05, 0.1) is 0 Å². The molecule has 1 heterocycles. The second kappa shape index (κ2) is 12.1. The van der Waals surface area contributed by atoms with Gasteiger partial charge in [0.15, 0.2) is 5.96 Å². The second-order valence-corrected chi connectivity index (χ2v) is 6.72. The van der Waals surface area contributed by atoms with Gasteiger partial charge in [0, 0.05) is 39.6 Å². The summed E-state index contributed by atoms with van der Waals surface area (Å²) < 4.78 is 0. The van der Waals surface area contributed by atoms with E-state index in [1.165, 1.54) is 11.1 Å². The summed E-state index contributed by atoms with van der Waals surface area (Å²) in [6.45, 7) is 7.87. The lowest BCUT2D eigenvalue weighted by Crippen LogP contribution is -2.46. The molecule has 1 aromatic rings. The Kier molecular flexibility index (Phi) is 10.6. The number of halogens is 1. The minimum Gasteiger partial charge on any atom is -0.359 e. The number of hydrogen-bond acceptors (Lipinski definition) is 2. The number of amides is 1. The molecule has 2 rings (SSSR count). The van der Waals surface area contributed by atoms with Crippen molar-refractivity contribution in [1.82, 2.24) is 15.5 Å². The zero-order valence-corrected chi connectivity index (χ0v) is 18.6. The van der Waals surface area contributed by atoms with E-state index in [4.69, 9.17) is 4.99 Å². The van der Waals surface area contributed by atoms with Crippen LogP contribution in [0.25, 0.3) is 0 Å². The van der Waals surface area contributed by atoms with Crippen LogP contribution < -0.4 is 10.6 Å². The van der Waals surface area contributed by atoms with Crippen molar-refractivity contribution in [3.63, 3.8) is 0 Å². The fraction of sp³-hybridized carbons (Fsp3) is 0.600. The average molecular weight is 472 g/mol. The molecule has 0 unspecified atom stereocenters. The fourth-order valence-electron chi connectivity index (χ4n) is 3.31. The number of likely N-dealkylation sites (tertiary alicyclic amines) is 1. The van der Waals surface area contributed by atoms with Crippen molar-refractivity contribution in [2.45, 2.75) is 39.5 Å². The molecule has 0 atom stereocenters. The van der Waals surface area contributed by atoms with Crippen molar-refractivity contribution in [2.24, 2.45) is 10.9 Å². The predicted octanol–water partition coefficient (Wildman–Crippen LogP) is 2.97. The Morgan fingerprint density at radius 3 is 2.58 bits per heavy atom. The SMILES string of the molecule is CCNC(=NCCc1ccccc1C)N1CCC(CC(=O)NC)CC1.I. The van der Waals surface area contributed by atoms with Gasteiger partial charge in [-0.25, -0.2) is 0 Å². The van der Waals surface area contributed by atoms with Crippen LogP contribution in [0.1, 0.15) is 37.3 Å². The van der Waals surface area contributed by atoms with Crippen molar-refractivity contribution in [3.05, 3.63) is 35.4 Å². The number of aryl methyl sites for hydroxylation is 1. The molecule has 5 nitrogen and oxygen atoms in total. The summed E-state index contributed by atoms with van der Waals surface area (Å²) in [5, 5.41) is 6.14. The monoisotopic (exact) mass is 472 g/mol. The van der Waals surface area contributed by atoms with Crippen molar-refractivity contribution in [3.8, 4) is 0 Å². The topological polar surface area (TPSA) is 56.7 Å². The van der Waals surface area contributed by atoms with E-state index in [0.717, 1.165) is 51.4 Å². The summed E-state index contributed by atoms with van der Waals surface area (Å²) >= 11 is 0. The molecule has 0 spiro atoms. The number of nitrogens with one attached hydrogen (secondary N) is 2. The molecule has 1 fully saturated rings. The third kappa shape index (κ3) is 7.13. The Balaban J connectivity index is 0.00000338. The lowest BCUT2D eigenvalue weighted by Gasteiger charge is -2.34. The van der Waals surface area contributed by atoms with Gasteiger partial charge in [-0.15, -0.1) is 24.0 Å². The Hall–Kier alpha value is -1.31. The van der Waals surface area contributed by atoms with Gasteiger partial charge in [0.2, 0.25) is 5.91 Å². The van der Waals surface area contributed by atoms with Crippen molar-refractivity contribution < 1.29 is 4.79 Å². The molecule has 1 aliphatic rings. The molecule has 2 N–H and O–H groups in total. The summed E-state index contributed by atoms with van der Waals surface area (Å²) in [5.74, 6) is 1.65. The Morgan fingerprint density at radius 2 is 1.96 bits per heavy atom. The van der Waals surface area contributed by atoms with Crippen LogP contribution in [0.3, 0.4) is 0 Å². The number of piperidine rings is 1. The highest BCUT2D eigenvalue weighted by Crippen LogP contribution is 2.20. The lowest BCUT2D eigenvalue weighted by atomic mass is 9.93. The van der Waals surface area contributed by atoms with Gasteiger partial charge in [0.25, 0.3) is 0 Å². The zero-order valence-electron chi connectivity index (χ0n) is 16.3. The van der Waals surface area contributed by atoms with E-state index in [1.807, 2.05) is 0 Å². The average Bonchev–Trinajstić information content (AvgIpc) is 2.63. The number of guanidine groups is 1. The quantitative estimate of drug-likeness (QED) is 0.380. The van der Waals surface area contributed by atoms with Crippen molar-refractivity contribution in [2.75, 3.05) is 33.2 Å². The van der Waals surface area contributed by atoms with Crippen LogP contribution in [-0.2, 0) is 11.2 Å². The number of aliphatic imine (C=N–C) groups is 1. The van der Waals surface area contributed by atoms with Crippen LogP contribution in [0, 0.1) is 12.8 Å². The number of nitrogens with zero attached hydrogens (tertiary/aromatic N) is 2. The van der Waals surface area contributed by atoms with Crippen molar-refractivity contribution in [1.29, 1.82) is 0 Å². The van der Waals surface area contributed by atoms with E-state index in [9.17, 15) is 4.79 Å². The molecule has 6 heteroatoms. The molecular formula is C20H33IN4O. The molecular weight excluding hydrogens is 439 g/mol. The molecule has 1 aromatic carbocycles. The van der Waals surface area contributed by atoms with E-state index < -0.39 is 0 Å². The predicted molar refractivity (Wildman–Crippen MR) is 119 cm³/mol. The molecule has 0 radical (unpaired) electrons. The Bertz CT molecular complexity index is 583. The van der Waals surface area contributed by atoms with E-state index in [-0.39, 0.29) is 29.9 Å². The number of carbonyl (C=O) groups is 1. The van der Waals surface area contributed by atoms with Gasteiger partial charge in [-0.05, 0) is 50.2 Å². The number of hydrogen-bond donors (Lipinski definition) is 2. The van der Waals surface area contributed by atoms with E-state index >= 15 is 0 Å². The van der Waals surface area contributed by atoms with Crippen molar-refractivity contribution >= 4 is 35.8 Å². The standard InChI is InChI=1S/C20H32N4O.HI/c1-4-22-20(23-12-9-18-8-6-5-7-16(18)2)24-13-10-17(11-14-24)15-19(25)21-3;/h5-8,17H,4,9-15H2,1-3H3,(H,21,25)(H,22,23);1H. The normalized spacial score (nSPS) is 15.3. The number of carbonyl (C=O) groups excluding carboxylic acids is 1. The molecule has 0 saturated carbocycles. The molecule has 1 aliphatic heterocycles. The third-order valence-corrected chi connectivity index (χ3v) is 4.91. The summed E-state index contributed by atoms with van der Waals surface area (Å²) in [7, 11) is 1.71. The summed E-state index contributed by atoms with van der Waals surface area (Å²) in [4.78, 5) is 18.7. The molecule has 0 bridgehead atoms. The van der Waals surface area contributed by atoms with Gasteiger partial charge in [-0.2, -0.15) is 0 Å². The maximum Gasteiger partial charge on any atom is 0.220 e. The zero-order chi connectivity index (χ0) is 18.1. The van der Waals surface area contributed by atoms with Crippen LogP contribution in [0.4, 0.5) is 0 Å². The Labute approximate surface area is 175 Å². The molecule has 146 valence electrons. The van der Waals surface area contributed by atoms with Crippen LogP contribution >= 0.6 is 24.0 Å².